The molecule has 7 heteroatoms. The number of sulfone groups is 1. The van der Waals surface area contributed by atoms with Crippen LogP contribution >= 0.6 is 0 Å². The molecule has 0 aliphatic heterocycles. The SMILES string of the molecule is CNCCCC(=O)Nc1ccc(S(C)(=O)=O)nc1. The Bertz CT molecular complexity index is 497. The lowest BCUT2D eigenvalue weighted by atomic mass is 10.3. The highest BCUT2D eigenvalue weighted by molar-refractivity contribution is 7.90. The summed E-state index contributed by atoms with van der Waals surface area (Å²) in [4.78, 5) is 15.3. The maximum Gasteiger partial charge on any atom is 0.224 e. The minimum absolute atomic E-state index is 0.00400. The van der Waals surface area contributed by atoms with Crippen LogP contribution in [0, 0.1) is 0 Å². The van der Waals surface area contributed by atoms with Crippen LogP contribution in [-0.2, 0) is 14.6 Å². The zero-order chi connectivity index (χ0) is 13.6. The first-order chi connectivity index (χ1) is 8.43. The quantitative estimate of drug-likeness (QED) is 0.732. The Labute approximate surface area is 107 Å². The Balaban J connectivity index is 2.56. The van der Waals surface area contributed by atoms with Crippen molar-refractivity contribution in [2.75, 3.05) is 25.2 Å². The van der Waals surface area contributed by atoms with E-state index in [1.54, 1.807) is 0 Å². The van der Waals surface area contributed by atoms with Crippen LogP contribution in [0.5, 0.6) is 0 Å². The van der Waals surface area contributed by atoms with Gasteiger partial charge in [0, 0.05) is 12.7 Å². The molecular weight excluding hydrogens is 254 g/mol. The van der Waals surface area contributed by atoms with Gasteiger partial charge in [0.1, 0.15) is 0 Å². The fraction of sp³-hybridized carbons (Fsp3) is 0.455. The van der Waals surface area contributed by atoms with Gasteiger partial charge in [-0.25, -0.2) is 13.4 Å². The molecule has 1 rings (SSSR count). The number of aromatic nitrogens is 1. The van der Waals surface area contributed by atoms with Gasteiger partial charge >= 0.3 is 0 Å². The van der Waals surface area contributed by atoms with Crippen LogP contribution in [0.3, 0.4) is 0 Å². The van der Waals surface area contributed by atoms with E-state index in [4.69, 9.17) is 0 Å². The minimum atomic E-state index is -3.30. The minimum Gasteiger partial charge on any atom is -0.325 e. The second-order valence-electron chi connectivity index (χ2n) is 3.91. The first-order valence-electron chi connectivity index (χ1n) is 5.54. The normalized spacial score (nSPS) is 11.2. The van der Waals surface area contributed by atoms with E-state index < -0.39 is 9.84 Å². The zero-order valence-electron chi connectivity index (χ0n) is 10.4. The molecule has 1 amide bonds. The van der Waals surface area contributed by atoms with E-state index in [0.717, 1.165) is 19.2 Å². The van der Waals surface area contributed by atoms with Crippen molar-refractivity contribution in [2.45, 2.75) is 17.9 Å². The molecule has 0 fully saturated rings. The highest BCUT2D eigenvalue weighted by Gasteiger charge is 2.08. The molecule has 0 aromatic carbocycles. The summed E-state index contributed by atoms with van der Waals surface area (Å²) in [6, 6.07) is 2.90. The predicted molar refractivity (Wildman–Crippen MR) is 69.1 cm³/mol. The third kappa shape index (κ3) is 4.80. The van der Waals surface area contributed by atoms with Crippen LogP contribution in [0.1, 0.15) is 12.8 Å². The number of hydrogen-bond donors (Lipinski definition) is 2. The highest BCUT2D eigenvalue weighted by Crippen LogP contribution is 2.10. The van der Waals surface area contributed by atoms with Crippen LogP contribution in [0.25, 0.3) is 0 Å². The van der Waals surface area contributed by atoms with Gasteiger partial charge in [0.25, 0.3) is 0 Å². The molecule has 1 aromatic heterocycles. The van der Waals surface area contributed by atoms with Crippen molar-refractivity contribution in [3.05, 3.63) is 18.3 Å². The summed E-state index contributed by atoms with van der Waals surface area (Å²) in [6.07, 6.45) is 3.59. The van der Waals surface area contributed by atoms with E-state index in [9.17, 15) is 13.2 Å². The maximum atomic E-state index is 11.5. The molecule has 6 nitrogen and oxygen atoms in total. The summed E-state index contributed by atoms with van der Waals surface area (Å²) in [6.45, 7) is 0.776. The van der Waals surface area contributed by atoms with E-state index in [-0.39, 0.29) is 10.9 Å². The van der Waals surface area contributed by atoms with Crippen molar-refractivity contribution in [3.63, 3.8) is 0 Å². The van der Waals surface area contributed by atoms with Crippen molar-refractivity contribution < 1.29 is 13.2 Å². The van der Waals surface area contributed by atoms with Crippen LogP contribution in [-0.4, -0.2) is 39.2 Å². The Morgan fingerprint density at radius 1 is 1.39 bits per heavy atom. The largest absolute Gasteiger partial charge is 0.325 e. The lowest BCUT2D eigenvalue weighted by Gasteiger charge is -2.05. The van der Waals surface area contributed by atoms with Crippen LogP contribution in [0.2, 0.25) is 0 Å². The number of hydrogen-bond acceptors (Lipinski definition) is 5. The summed E-state index contributed by atoms with van der Waals surface area (Å²) in [5.41, 5.74) is 0.497. The number of nitrogens with zero attached hydrogens (tertiary/aromatic N) is 1. The van der Waals surface area contributed by atoms with E-state index in [2.05, 4.69) is 15.6 Å². The predicted octanol–water partition coefficient (Wildman–Crippen LogP) is 0.423. The summed E-state index contributed by atoms with van der Waals surface area (Å²) in [5, 5.41) is 5.60. The van der Waals surface area contributed by atoms with Crippen LogP contribution in [0.15, 0.2) is 23.4 Å². The average Bonchev–Trinajstić information content (AvgIpc) is 2.29. The lowest BCUT2D eigenvalue weighted by molar-refractivity contribution is -0.116. The van der Waals surface area contributed by atoms with E-state index in [1.807, 2.05) is 7.05 Å². The van der Waals surface area contributed by atoms with Gasteiger partial charge in [-0.3, -0.25) is 4.79 Å². The lowest BCUT2D eigenvalue weighted by Crippen LogP contribution is -2.15. The molecule has 0 aliphatic carbocycles. The maximum absolute atomic E-state index is 11.5. The third-order valence-electron chi connectivity index (χ3n) is 2.23. The third-order valence-corrected chi connectivity index (χ3v) is 3.23. The Morgan fingerprint density at radius 2 is 2.11 bits per heavy atom. The second kappa shape index (κ2) is 6.46. The summed E-state index contributed by atoms with van der Waals surface area (Å²) < 4.78 is 22.4. The smallest absolute Gasteiger partial charge is 0.224 e. The summed E-state index contributed by atoms with van der Waals surface area (Å²) in [7, 11) is -1.47. The van der Waals surface area contributed by atoms with Crippen molar-refractivity contribution >= 4 is 21.4 Å². The number of carbonyl (C=O) groups is 1. The van der Waals surface area contributed by atoms with Gasteiger partial charge in [0.15, 0.2) is 14.9 Å². The molecule has 0 saturated heterocycles. The monoisotopic (exact) mass is 271 g/mol. The molecule has 1 aromatic rings. The van der Waals surface area contributed by atoms with E-state index in [1.165, 1.54) is 18.3 Å². The molecule has 100 valence electrons. The Hall–Kier alpha value is -1.47. The molecule has 0 spiro atoms. The van der Waals surface area contributed by atoms with Gasteiger partial charge in [0.05, 0.1) is 11.9 Å². The summed E-state index contributed by atoms with van der Waals surface area (Å²) >= 11 is 0. The van der Waals surface area contributed by atoms with Crippen molar-refractivity contribution in [1.29, 1.82) is 0 Å². The number of pyridine rings is 1. The molecule has 1 heterocycles. The molecular formula is C11H17N3O3S. The Morgan fingerprint density at radius 3 is 2.61 bits per heavy atom. The average molecular weight is 271 g/mol. The molecule has 18 heavy (non-hydrogen) atoms. The molecule has 0 saturated carbocycles. The van der Waals surface area contributed by atoms with Gasteiger partial charge in [-0.15, -0.1) is 0 Å². The number of nitrogens with one attached hydrogen (secondary N) is 2. The van der Waals surface area contributed by atoms with Crippen molar-refractivity contribution in [2.24, 2.45) is 0 Å². The first kappa shape index (κ1) is 14.6. The van der Waals surface area contributed by atoms with E-state index in [0.29, 0.717) is 12.1 Å². The first-order valence-corrected chi connectivity index (χ1v) is 7.43. The summed E-state index contributed by atoms with van der Waals surface area (Å²) in [5.74, 6) is -0.112. The van der Waals surface area contributed by atoms with Gasteiger partial charge in [-0.05, 0) is 32.1 Å². The molecule has 0 bridgehead atoms. The van der Waals surface area contributed by atoms with Crippen LogP contribution in [0.4, 0.5) is 5.69 Å². The fourth-order valence-corrected chi connectivity index (χ4v) is 1.88. The number of anilines is 1. The number of amides is 1. The number of carbonyl (C=O) groups excluding carboxylic acids is 1. The highest BCUT2D eigenvalue weighted by atomic mass is 32.2. The second-order valence-corrected chi connectivity index (χ2v) is 5.88. The van der Waals surface area contributed by atoms with Gasteiger partial charge in [-0.2, -0.15) is 0 Å². The van der Waals surface area contributed by atoms with Crippen LogP contribution < -0.4 is 10.6 Å². The van der Waals surface area contributed by atoms with Gasteiger partial charge in [-0.1, -0.05) is 0 Å². The molecule has 0 unspecified atom stereocenters. The molecule has 2 N–H and O–H groups in total. The van der Waals surface area contributed by atoms with E-state index >= 15 is 0 Å². The number of rotatable bonds is 6. The Kier molecular flexibility index (Phi) is 5.24. The van der Waals surface area contributed by atoms with Gasteiger partial charge < -0.3 is 10.6 Å². The fourth-order valence-electron chi connectivity index (χ4n) is 1.32. The van der Waals surface area contributed by atoms with Crippen molar-refractivity contribution in [1.82, 2.24) is 10.3 Å². The zero-order valence-corrected chi connectivity index (χ0v) is 11.3. The topological polar surface area (TPSA) is 88.2 Å². The standard InChI is InChI=1S/C11H17N3O3S/c1-12-7-3-4-10(15)14-9-5-6-11(13-8-9)18(2,16)17/h5-6,8,12H,3-4,7H2,1-2H3,(H,14,15). The van der Waals surface area contributed by atoms with Gasteiger partial charge in [0.2, 0.25) is 5.91 Å². The van der Waals surface area contributed by atoms with Crippen molar-refractivity contribution in [3.8, 4) is 0 Å². The molecule has 0 aliphatic rings. The molecule has 0 atom stereocenters. The molecule has 0 radical (unpaired) electrons.